The molecule has 0 aliphatic carbocycles. The molecule has 1 nitrogen and oxygen atoms in total. The first-order valence-electron chi connectivity index (χ1n) is 5.21. The van der Waals surface area contributed by atoms with Crippen molar-refractivity contribution in [2.45, 2.75) is 12.8 Å². The van der Waals surface area contributed by atoms with Crippen molar-refractivity contribution < 1.29 is 4.39 Å². The lowest BCUT2D eigenvalue weighted by atomic mass is 10.1. The van der Waals surface area contributed by atoms with E-state index in [9.17, 15) is 4.39 Å². The molecule has 0 unspecified atom stereocenters. The predicted molar refractivity (Wildman–Crippen MR) is 62.9 cm³/mol. The van der Waals surface area contributed by atoms with Crippen molar-refractivity contribution in [2.24, 2.45) is 0 Å². The highest BCUT2D eigenvalue weighted by molar-refractivity contribution is 6.17. The van der Waals surface area contributed by atoms with Gasteiger partial charge in [-0.1, -0.05) is 12.1 Å². The second-order valence-corrected chi connectivity index (χ2v) is 4.10. The fourth-order valence-electron chi connectivity index (χ4n) is 1.41. The van der Waals surface area contributed by atoms with Gasteiger partial charge in [-0.3, -0.25) is 0 Å². The number of rotatable bonds is 6. The van der Waals surface area contributed by atoms with E-state index in [4.69, 9.17) is 11.6 Å². The van der Waals surface area contributed by atoms with E-state index in [1.54, 1.807) is 0 Å². The zero-order valence-corrected chi connectivity index (χ0v) is 9.80. The van der Waals surface area contributed by atoms with E-state index >= 15 is 0 Å². The summed E-state index contributed by atoms with van der Waals surface area (Å²) in [5.41, 5.74) is 1.18. The number of halogens is 2. The van der Waals surface area contributed by atoms with Gasteiger partial charge in [-0.25, -0.2) is 4.39 Å². The van der Waals surface area contributed by atoms with E-state index in [1.807, 2.05) is 12.1 Å². The highest BCUT2D eigenvalue weighted by Crippen LogP contribution is 2.04. The Morgan fingerprint density at radius 2 is 1.87 bits per heavy atom. The summed E-state index contributed by atoms with van der Waals surface area (Å²) >= 11 is 5.61. The molecule has 0 saturated carbocycles. The molecule has 0 saturated heterocycles. The van der Waals surface area contributed by atoms with E-state index in [-0.39, 0.29) is 5.82 Å². The van der Waals surface area contributed by atoms with Crippen molar-refractivity contribution in [3.05, 3.63) is 35.6 Å². The molecule has 0 aromatic heterocycles. The van der Waals surface area contributed by atoms with Gasteiger partial charge in [0.1, 0.15) is 5.82 Å². The number of alkyl halides is 1. The normalized spacial score (nSPS) is 10.9. The lowest BCUT2D eigenvalue weighted by Crippen LogP contribution is -2.22. The van der Waals surface area contributed by atoms with Crippen LogP contribution in [0.3, 0.4) is 0 Å². The van der Waals surface area contributed by atoms with Crippen LogP contribution in [0.25, 0.3) is 0 Å². The molecule has 0 N–H and O–H groups in total. The van der Waals surface area contributed by atoms with Gasteiger partial charge in [0.15, 0.2) is 0 Å². The molecular weight excluding hydrogens is 213 g/mol. The summed E-state index contributed by atoms with van der Waals surface area (Å²) in [6, 6.07) is 6.69. The van der Waals surface area contributed by atoms with Crippen molar-refractivity contribution in [2.75, 3.05) is 26.0 Å². The maximum absolute atomic E-state index is 12.6. The van der Waals surface area contributed by atoms with Gasteiger partial charge < -0.3 is 4.90 Å². The summed E-state index contributed by atoms with van der Waals surface area (Å²) in [5, 5.41) is 0. The number of nitrogens with zero attached hydrogens (tertiary/aromatic N) is 1. The minimum atomic E-state index is -0.172. The molecule has 0 amide bonds. The zero-order valence-electron chi connectivity index (χ0n) is 9.05. The maximum atomic E-state index is 12.6. The third kappa shape index (κ3) is 5.14. The van der Waals surface area contributed by atoms with Gasteiger partial charge in [-0.15, -0.1) is 11.6 Å². The number of benzene rings is 1. The Bertz CT molecular complexity index is 273. The predicted octanol–water partition coefficient (Wildman–Crippen LogP) is 2.93. The van der Waals surface area contributed by atoms with E-state index in [0.29, 0.717) is 5.88 Å². The SMILES string of the molecule is CN(CCCCl)CCc1ccc(F)cc1. The van der Waals surface area contributed by atoms with Gasteiger partial charge in [0.25, 0.3) is 0 Å². The van der Waals surface area contributed by atoms with Crippen LogP contribution in [0.4, 0.5) is 4.39 Å². The minimum Gasteiger partial charge on any atom is -0.306 e. The van der Waals surface area contributed by atoms with Crippen LogP contribution in [0.15, 0.2) is 24.3 Å². The lowest BCUT2D eigenvalue weighted by Gasteiger charge is -2.15. The average Bonchev–Trinajstić information content (AvgIpc) is 2.25. The van der Waals surface area contributed by atoms with Crippen LogP contribution in [0.2, 0.25) is 0 Å². The van der Waals surface area contributed by atoms with Gasteiger partial charge in [-0.05, 0) is 44.1 Å². The molecule has 3 heteroatoms. The summed E-state index contributed by atoms with van der Waals surface area (Å²) in [6.45, 7) is 2.01. The highest BCUT2D eigenvalue weighted by atomic mass is 35.5. The Hall–Kier alpha value is -0.600. The van der Waals surface area contributed by atoms with Crippen molar-refractivity contribution in [3.8, 4) is 0 Å². The van der Waals surface area contributed by atoms with Gasteiger partial charge in [-0.2, -0.15) is 0 Å². The van der Waals surface area contributed by atoms with Crippen LogP contribution in [0, 0.1) is 5.82 Å². The van der Waals surface area contributed by atoms with Crippen LogP contribution >= 0.6 is 11.6 Å². The third-order valence-corrected chi connectivity index (χ3v) is 2.64. The van der Waals surface area contributed by atoms with Gasteiger partial charge in [0.05, 0.1) is 0 Å². The van der Waals surface area contributed by atoms with Crippen LogP contribution in [-0.2, 0) is 6.42 Å². The van der Waals surface area contributed by atoms with E-state index in [0.717, 1.165) is 25.9 Å². The van der Waals surface area contributed by atoms with E-state index in [1.165, 1.54) is 17.7 Å². The molecule has 0 heterocycles. The summed E-state index contributed by atoms with van der Waals surface area (Å²) in [5.74, 6) is 0.537. The van der Waals surface area contributed by atoms with Crippen LogP contribution in [0.5, 0.6) is 0 Å². The monoisotopic (exact) mass is 229 g/mol. The summed E-state index contributed by atoms with van der Waals surface area (Å²) in [7, 11) is 2.08. The third-order valence-electron chi connectivity index (χ3n) is 2.37. The second-order valence-electron chi connectivity index (χ2n) is 3.72. The van der Waals surface area contributed by atoms with Gasteiger partial charge >= 0.3 is 0 Å². The summed E-state index contributed by atoms with van der Waals surface area (Å²) < 4.78 is 12.6. The Labute approximate surface area is 95.8 Å². The van der Waals surface area contributed by atoms with Crippen molar-refractivity contribution in [1.82, 2.24) is 4.90 Å². The van der Waals surface area contributed by atoms with E-state index in [2.05, 4.69) is 11.9 Å². The average molecular weight is 230 g/mol. The molecule has 0 bridgehead atoms. The molecular formula is C12H17ClFN. The zero-order chi connectivity index (χ0) is 11.1. The molecule has 1 aromatic rings. The molecule has 0 radical (unpaired) electrons. The Kier molecular flexibility index (Phi) is 5.66. The van der Waals surface area contributed by atoms with Crippen molar-refractivity contribution in [1.29, 1.82) is 0 Å². The van der Waals surface area contributed by atoms with Crippen molar-refractivity contribution >= 4 is 11.6 Å². The molecule has 0 aliphatic rings. The number of likely N-dealkylation sites (N-methyl/N-ethyl adjacent to an activating group) is 1. The lowest BCUT2D eigenvalue weighted by molar-refractivity contribution is 0.340. The van der Waals surface area contributed by atoms with Crippen molar-refractivity contribution in [3.63, 3.8) is 0 Å². The molecule has 0 fully saturated rings. The number of hydrogen-bond acceptors (Lipinski definition) is 1. The molecule has 0 aliphatic heterocycles. The minimum absolute atomic E-state index is 0.172. The molecule has 1 rings (SSSR count). The molecule has 0 atom stereocenters. The van der Waals surface area contributed by atoms with Crippen LogP contribution in [-0.4, -0.2) is 30.9 Å². The standard InChI is InChI=1S/C12H17ClFN/c1-15(9-2-8-13)10-7-11-3-5-12(14)6-4-11/h3-6H,2,7-10H2,1H3. The first-order valence-corrected chi connectivity index (χ1v) is 5.75. The van der Waals surface area contributed by atoms with Gasteiger partial charge in [0, 0.05) is 12.4 Å². The van der Waals surface area contributed by atoms with Gasteiger partial charge in [0.2, 0.25) is 0 Å². The fourth-order valence-corrected chi connectivity index (χ4v) is 1.53. The summed E-state index contributed by atoms with van der Waals surface area (Å²) in [6.07, 6.45) is 1.97. The van der Waals surface area contributed by atoms with E-state index < -0.39 is 0 Å². The smallest absolute Gasteiger partial charge is 0.123 e. The van der Waals surface area contributed by atoms with Crippen LogP contribution < -0.4 is 0 Å². The topological polar surface area (TPSA) is 3.24 Å². The Morgan fingerprint density at radius 1 is 1.20 bits per heavy atom. The first kappa shape index (κ1) is 12.5. The molecule has 15 heavy (non-hydrogen) atoms. The Balaban J connectivity index is 2.27. The van der Waals surface area contributed by atoms with Crippen LogP contribution in [0.1, 0.15) is 12.0 Å². The number of hydrogen-bond donors (Lipinski definition) is 0. The molecule has 0 spiro atoms. The summed E-state index contributed by atoms with van der Waals surface area (Å²) in [4.78, 5) is 2.24. The highest BCUT2D eigenvalue weighted by Gasteiger charge is 1.99. The Morgan fingerprint density at radius 3 is 2.47 bits per heavy atom. The largest absolute Gasteiger partial charge is 0.306 e. The maximum Gasteiger partial charge on any atom is 0.123 e. The first-order chi connectivity index (χ1) is 7.22. The quantitative estimate of drug-likeness (QED) is 0.678. The molecule has 1 aromatic carbocycles. The second kappa shape index (κ2) is 6.81. The molecule has 84 valence electrons. The fraction of sp³-hybridized carbons (Fsp3) is 0.500.